The van der Waals surface area contributed by atoms with Crippen molar-refractivity contribution in [2.75, 3.05) is 0 Å². The third-order valence-corrected chi connectivity index (χ3v) is 1.75. The average molecular weight is 180 g/mol. The van der Waals surface area contributed by atoms with Crippen LogP contribution in [0.1, 0.15) is 11.4 Å². The van der Waals surface area contributed by atoms with Gasteiger partial charge >= 0.3 is 18.9 Å². The van der Waals surface area contributed by atoms with Crippen LogP contribution in [-0.2, 0) is 7.05 Å². The van der Waals surface area contributed by atoms with Gasteiger partial charge in [0.1, 0.15) is 5.82 Å². The summed E-state index contributed by atoms with van der Waals surface area (Å²) >= 11 is 0. The third kappa shape index (κ3) is 2.38. The molecule has 0 spiro atoms. The Balaban J connectivity index is 0.000000980. The van der Waals surface area contributed by atoms with E-state index in [1.807, 2.05) is 43.8 Å². The van der Waals surface area contributed by atoms with Gasteiger partial charge in [-0.3, -0.25) is 0 Å². The SMILES string of the molecule is Cn1nnnc1[CH-]c1ccccc1.[Li+]. The van der Waals surface area contributed by atoms with E-state index in [2.05, 4.69) is 15.5 Å². The molecule has 1 heterocycles. The van der Waals surface area contributed by atoms with Crippen LogP contribution in [0.3, 0.4) is 0 Å². The first-order valence-corrected chi connectivity index (χ1v) is 3.98. The van der Waals surface area contributed by atoms with Crippen molar-refractivity contribution in [1.82, 2.24) is 20.2 Å². The molecule has 1 aromatic heterocycles. The summed E-state index contributed by atoms with van der Waals surface area (Å²) in [6, 6.07) is 9.96. The Labute approximate surface area is 94.5 Å². The van der Waals surface area contributed by atoms with E-state index in [0.717, 1.165) is 11.4 Å². The quantitative estimate of drug-likeness (QED) is 0.389. The van der Waals surface area contributed by atoms with Gasteiger partial charge in [0, 0.05) is 7.05 Å². The van der Waals surface area contributed by atoms with E-state index in [0.29, 0.717) is 0 Å². The fourth-order valence-corrected chi connectivity index (χ4v) is 1.06. The fourth-order valence-electron chi connectivity index (χ4n) is 1.06. The van der Waals surface area contributed by atoms with Crippen molar-refractivity contribution in [2.24, 2.45) is 7.05 Å². The van der Waals surface area contributed by atoms with Crippen LogP contribution in [0, 0.1) is 6.42 Å². The van der Waals surface area contributed by atoms with Gasteiger partial charge in [0.05, 0.1) is 0 Å². The van der Waals surface area contributed by atoms with Crippen LogP contribution in [0.15, 0.2) is 30.3 Å². The summed E-state index contributed by atoms with van der Waals surface area (Å²) in [6.07, 6.45) is 1.93. The van der Waals surface area contributed by atoms with Gasteiger partial charge in [-0.05, 0) is 10.4 Å². The van der Waals surface area contributed by atoms with Crippen LogP contribution < -0.4 is 18.9 Å². The topological polar surface area (TPSA) is 43.6 Å². The maximum absolute atomic E-state index is 3.86. The molecule has 0 aliphatic carbocycles. The average Bonchev–Trinajstić information content (AvgIpc) is 2.54. The Morgan fingerprint density at radius 1 is 1.21 bits per heavy atom. The van der Waals surface area contributed by atoms with Gasteiger partial charge in [-0.1, -0.05) is 6.07 Å². The summed E-state index contributed by atoms with van der Waals surface area (Å²) < 4.78 is 1.63. The number of hydrogen-bond acceptors (Lipinski definition) is 3. The molecule has 0 saturated heterocycles. The first-order valence-electron chi connectivity index (χ1n) is 3.98. The molecule has 14 heavy (non-hydrogen) atoms. The maximum atomic E-state index is 3.86. The molecular weight excluding hydrogens is 171 g/mol. The van der Waals surface area contributed by atoms with Gasteiger partial charge in [0.2, 0.25) is 0 Å². The molecule has 0 aliphatic rings. The van der Waals surface area contributed by atoms with Crippen molar-refractivity contribution in [1.29, 1.82) is 0 Å². The second kappa shape index (κ2) is 4.85. The number of hydrogen-bond donors (Lipinski definition) is 0. The number of rotatable bonds is 2. The van der Waals surface area contributed by atoms with Crippen LogP contribution in [0.2, 0.25) is 0 Å². The van der Waals surface area contributed by atoms with Crippen molar-refractivity contribution in [2.45, 2.75) is 0 Å². The Morgan fingerprint density at radius 3 is 2.50 bits per heavy atom. The predicted molar refractivity (Wildman–Crippen MR) is 47.7 cm³/mol. The van der Waals surface area contributed by atoms with E-state index in [1.54, 1.807) is 4.68 Å². The zero-order chi connectivity index (χ0) is 9.10. The fraction of sp³-hybridized carbons (Fsp3) is 0.111. The Bertz CT molecular complexity index is 385. The molecule has 66 valence electrons. The summed E-state index contributed by atoms with van der Waals surface area (Å²) in [5.74, 6) is 0.756. The number of benzene rings is 1. The molecule has 0 amide bonds. The molecule has 2 aromatic rings. The minimum atomic E-state index is 0. The van der Waals surface area contributed by atoms with Crippen molar-refractivity contribution in [3.05, 3.63) is 48.1 Å². The zero-order valence-electron chi connectivity index (χ0n) is 8.25. The van der Waals surface area contributed by atoms with Gasteiger partial charge < -0.3 is 0 Å². The zero-order valence-corrected chi connectivity index (χ0v) is 8.25. The summed E-state index contributed by atoms with van der Waals surface area (Å²) in [6.45, 7) is 0. The van der Waals surface area contributed by atoms with Crippen molar-refractivity contribution in [3.8, 4) is 0 Å². The monoisotopic (exact) mass is 180 g/mol. The van der Waals surface area contributed by atoms with Gasteiger partial charge in [-0.15, -0.1) is 23.7 Å². The molecule has 5 heteroatoms. The standard InChI is InChI=1S/C9H9N4.Li/c1-13-9(10-11-12-13)7-8-5-3-2-4-6-8;/h2-7H,1H3;/q-1;+1. The Morgan fingerprint density at radius 2 is 1.93 bits per heavy atom. The summed E-state index contributed by atoms with van der Waals surface area (Å²) in [5.41, 5.74) is 1.10. The molecule has 0 unspecified atom stereocenters. The van der Waals surface area contributed by atoms with Gasteiger partial charge in [-0.2, -0.15) is 17.7 Å². The van der Waals surface area contributed by atoms with E-state index < -0.39 is 0 Å². The van der Waals surface area contributed by atoms with E-state index in [1.165, 1.54) is 0 Å². The molecule has 0 N–H and O–H groups in total. The van der Waals surface area contributed by atoms with Crippen molar-refractivity contribution >= 4 is 0 Å². The van der Waals surface area contributed by atoms with Crippen LogP contribution in [0.5, 0.6) is 0 Å². The Hall–Kier alpha value is -1.24. The molecular formula is C9H9LiN4. The van der Waals surface area contributed by atoms with Crippen molar-refractivity contribution in [3.63, 3.8) is 0 Å². The third-order valence-electron chi connectivity index (χ3n) is 1.75. The maximum Gasteiger partial charge on any atom is 1.00 e. The predicted octanol–water partition coefficient (Wildman–Crippen LogP) is -2.19. The normalized spacial score (nSPS) is 9.21. The minimum absolute atomic E-state index is 0. The first-order chi connectivity index (χ1) is 6.36. The van der Waals surface area contributed by atoms with Crippen LogP contribution in [0.4, 0.5) is 0 Å². The number of nitrogens with zero attached hydrogens (tertiary/aromatic N) is 4. The second-order valence-electron chi connectivity index (χ2n) is 2.72. The molecule has 0 bridgehead atoms. The largest absolute Gasteiger partial charge is 1.00 e. The van der Waals surface area contributed by atoms with Gasteiger partial charge in [-0.25, -0.2) is 4.68 Å². The van der Waals surface area contributed by atoms with Crippen molar-refractivity contribution < 1.29 is 18.9 Å². The van der Waals surface area contributed by atoms with E-state index in [4.69, 9.17) is 0 Å². The summed E-state index contributed by atoms with van der Waals surface area (Å²) in [7, 11) is 1.81. The molecule has 2 rings (SSSR count). The molecule has 0 aliphatic heterocycles. The number of aryl methyl sites for hydroxylation is 1. The van der Waals surface area contributed by atoms with Crippen LogP contribution >= 0.6 is 0 Å². The van der Waals surface area contributed by atoms with Crippen LogP contribution in [-0.4, -0.2) is 20.2 Å². The Kier molecular flexibility index (Phi) is 3.75. The first kappa shape index (κ1) is 10.8. The number of aromatic nitrogens is 4. The molecule has 0 saturated carbocycles. The molecule has 0 radical (unpaired) electrons. The van der Waals surface area contributed by atoms with Gasteiger partial charge in [0.15, 0.2) is 0 Å². The van der Waals surface area contributed by atoms with E-state index in [-0.39, 0.29) is 18.9 Å². The van der Waals surface area contributed by atoms with Gasteiger partial charge in [0.25, 0.3) is 0 Å². The smallest absolute Gasteiger partial charge is 0.241 e. The summed E-state index contributed by atoms with van der Waals surface area (Å²) in [4.78, 5) is 0. The van der Waals surface area contributed by atoms with Crippen LogP contribution in [0.25, 0.3) is 0 Å². The molecule has 0 fully saturated rings. The van der Waals surface area contributed by atoms with E-state index >= 15 is 0 Å². The minimum Gasteiger partial charge on any atom is -0.241 e. The second-order valence-corrected chi connectivity index (χ2v) is 2.72. The number of tetrazole rings is 1. The molecule has 4 nitrogen and oxygen atoms in total. The molecule has 1 aromatic carbocycles. The van der Waals surface area contributed by atoms with E-state index in [9.17, 15) is 0 Å². The molecule has 0 atom stereocenters. The summed E-state index contributed by atoms with van der Waals surface area (Å²) in [5, 5.41) is 11.1.